The van der Waals surface area contributed by atoms with Crippen LogP contribution in [0.4, 0.5) is 23.0 Å². The highest BCUT2D eigenvalue weighted by Gasteiger charge is 2.17. The van der Waals surface area contributed by atoms with Gasteiger partial charge in [-0.1, -0.05) is 0 Å². The van der Waals surface area contributed by atoms with E-state index in [1.165, 1.54) is 6.33 Å². The van der Waals surface area contributed by atoms with Gasteiger partial charge in [-0.25, -0.2) is 15.0 Å². The van der Waals surface area contributed by atoms with Gasteiger partial charge < -0.3 is 30.8 Å². The number of nitrogen functional groups attached to an aromatic ring is 1. The summed E-state index contributed by atoms with van der Waals surface area (Å²) >= 11 is 0. The number of nitrogens with zero attached hydrogens (tertiary/aromatic N) is 4. The van der Waals surface area contributed by atoms with E-state index in [1.807, 2.05) is 18.2 Å². The van der Waals surface area contributed by atoms with Gasteiger partial charge in [-0.15, -0.1) is 0 Å². The van der Waals surface area contributed by atoms with Crippen molar-refractivity contribution in [3.05, 3.63) is 24.5 Å². The summed E-state index contributed by atoms with van der Waals surface area (Å²) in [5.74, 6) is 2.61. The van der Waals surface area contributed by atoms with Crippen molar-refractivity contribution in [3.63, 3.8) is 0 Å². The lowest BCUT2D eigenvalue weighted by Crippen LogP contribution is -2.47. The van der Waals surface area contributed by atoms with E-state index in [9.17, 15) is 0 Å². The van der Waals surface area contributed by atoms with Gasteiger partial charge in [-0.2, -0.15) is 0 Å². The second-order valence-electron chi connectivity index (χ2n) is 6.37. The molecule has 0 unspecified atom stereocenters. The summed E-state index contributed by atoms with van der Waals surface area (Å²) in [5.41, 5.74) is 10.9. The Morgan fingerprint density at radius 1 is 1.00 bits per heavy atom. The highest BCUT2D eigenvalue weighted by atomic mass is 16.6. The second-order valence-corrected chi connectivity index (χ2v) is 6.37. The average molecular weight is 357 g/mol. The van der Waals surface area contributed by atoms with Crippen molar-refractivity contribution < 1.29 is 9.47 Å². The number of anilines is 4. The summed E-state index contributed by atoms with van der Waals surface area (Å²) in [6.07, 6.45) is 1.50. The highest BCUT2D eigenvalue weighted by Crippen LogP contribution is 2.34. The number of likely N-dealkylation sites (N-methyl/N-ethyl adjacent to an activating group) is 1. The molecule has 0 aliphatic carbocycles. The molecule has 0 radical (unpaired) electrons. The summed E-state index contributed by atoms with van der Waals surface area (Å²) in [7, 11) is 2.12. The zero-order valence-electron chi connectivity index (χ0n) is 14.7. The lowest BCUT2D eigenvalue weighted by Gasteiger charge is -2.33. The molecule has 0 spiro atoms. The summed E-state index contributed by atoms with van der Waals surface area (Å²) < 4.78 is 11.2. The molecule has 1 aromatic heterocycles. The third kappa shape index (κ3) is 3.58. The molecule has 3 heterocycles. The molecule has 9 nitrogen and oxygen atoms in total. The van der Waals surface area contributed by atoms with E-state index < -0.39 is 0 Å². The van der Waals surface area contributed by atoms with E-state index >= 15 is 0 Å². The Balaban J connectivity index is 1.49. The number of fused-ring (bicyclic) bond motifs is 1. The summed E-state index contributed by atoms with van der Waals surface area (Å²) in [4.78, 5) is 10.8. The molecule has 1 aromatic carbocycles. The predicted molar refractivity (Wildman–Crippen MR) is 99.9 cm³/mol. The molecule has 0 amide bonds. The third-order valence-electron chi connectivity index (χ3n) is 4.46. The first-order valence-electron chi connectivity index (χ1n) is 8.66. The first-order chi connectivity index (χ1) is 12.7. The van der Waals surface area contributed by atoms with Crippen molar-refractivity contribution in [1.29, 1.82) is 0 Å². The molecule has 1 saturated heterocycles. The first kappa shape index (κ1) is 16.7. The zero-order chi connectivity index (χ0) is 17.9. The molecule has 4 rings (SSSR count). The van der Waals surface area contributed by atoms with Crippen LogP contribution in [0.15, 0.2) is 24.5 Å². The molecule has 2 aliphatic heterocycles. The molecule has 0 bridgehead atoms. The molecule has 0 saturated carbocycles. The van der Waals surface area contributed by atoms with E-state index in [2.05, 4.69) is 37.7 Å². The fourth-order valence-corrected chi connectivity index (χ4v) is 2.91. The summed E-state index contributed by atoms with van der Waals surface area (Å²) in [6, 6.07) is 5.66. The van der Waals surface area contributed by atoms with Crippen molar-refractivity contribution in [2.24, 2.45) is 0 Å². The Morgan fingerprint density at radius 2 is 1.73 bits per heavy atom. The Morgan fingerprint density at radius 3 is 2.54 bits per heavy atom. The number of hydrogen-bond acceptors (Lipinski definition) is 9. The van der Waals surface area contributed by atoms with Crippen molar-refractivity contribution in [1.82, 2.24) is 19.9 Å². The van der Waals surface area contributed by atoms with Gasteiger partial charge in [0.25, 0.3) is 0 Å². The van der Waals surface area contributed by atoms with Gasteiger partial charge in [0.05, 0.1) is 0 Å². The average Bonchev–Trinajstić information content (AvgIpc) is 2.67. The topological polar surface area (TPSA) is 101 Å². The van der Waals surface area contributed by atoms with E-state index in [1.54, 1.807) is 0 Å². The number of nitrogens with two attached hydrogens (primary N) is 1. The Kier molecular flexibility index (Phi) is 4.63. The van der Waals surface area contributed by atoms with Gasteiger partial charge in [0, 0.05) is 37.9 Å². The van der Waals surface area contributed by atoms with Crippen molar-refractivity contribution in [3.8, 4) is 11.5 Å². The molecule has 26 heavy (non-hydrogen) atoms. The van der Waals surface area contributed by atoms with Crippen LogP contribution < -0.4 is 25.9 Å². The molecule has 4 N–H and O–H groups in total. The summed E-state index contributed by atoms with van der Waals surface area (Å²) in [6.45, 7) is 4.93. The molecule has 0 atom stereocenters. The monoisotopic (exact) mass is 357 g/mol. The normalized spacial score (nSPS) is 17.7. The van der Waals surface area contributed by atoms with Crippen molar-refractivity contribution >= 4 is 23.0 Å². The van der Waals surface area contributed by atoms with Gasteiger partial charge in [-0.05, 0) is 19.2 Å². The standard InChI is InChI=1S/C17H23N7O2/c1-23-4-6-24(7-5-23)22-17-15(18)16(19-11-20-17)21-12-2-3-13-14(10-12)26-9-8-25-13/h2-3,10-11H,4-9,18H2,1H3,(H2,19,20,21,22). The molecule has 9 heteroatoms. The number of rotatable bonds is 4. The zero-order valence-corrected chi connectivity index (χ0v) is 14.7. The SMILES string of the molecule is CN1CCN(Nc2ncnc(Nc3ccc4c(c3)OCCO4)c2N)CC1. The van der Waals surface area contributed by atoms with Gasteiger partial charge in [0.15, 0.2) is 23.1 Å². The van der Waals surface area contributed by atoms with Crippen LogP contribution in [-0.4, -0.2) is 66.3 Å². The smallest absolute Gasteiger partial charge is 0.169 e. The first-order valence-corrected chi connectivity index (χ1v) is 8.66. The maximum atomic E-state index is 6.27. The fraction of sp³-hybridized carbons (Fsp3) is 0.412. The van der Waals surface area contributed by atoms with E-state index in [4.69, 9.17) is 15.2 Å². The maximum absolute atomic E-state index is 6.27. The van der Waals surface area contributed by atoms with Gasteiger partial charge in [-0.3, -0.25) is 0 Å². The van der Waals surface area contributed by atoms with Gasteiger partial charge in [0.1, 0.15) is 25.2 Å². The molecular formula is C17H23N7O2. The van der Waals surface area contributed by atoms with Crippen LogP contribution in [0.3, 0.4) is 0 Å². The minimum Gasteiger partial charge on any atom is -0.486 e. The molecular weight excluding hydrogens is 334 g/mol. The maximum Gasteiger partial charge on any atom is 0.169 e. The minimum atomic E-state index is 0.473. The number of ether oxygens (including phenoxy) is 2. The van der Waals surface area contributed by atoms with Crippen LogP contribution in [0.1, 0.15) is 0 Å². The van der Waals surface area contributed by atoms with Gasteiger partial charge in [0.2, 0.25) is 0 Å². The van der Waals surface area contributed by atoms with Crippen LogP contribution in [0.5, 0.6) is 11.5 Å². The predicted octanol–water partition coefficient (Wildman–Crippen LogP) is 1.15. The lowest BCUT2D eigenvalue weighted by molar-refractivity contribution is 0.171. The number of benzene rings is 1. The van der Waals surface area contributed by atoms with E-state index in [0.717, 1.165) is 37.6 Å². The molecule has 2 aliphatic rings. The molecule has 138 valence electrons. The van der Waals surface area contributed by atoms with Gasteiger partial charge >= 0.3 is 0 Å². The third-order valence-corrected chi connectivity index (χ3v) is 4.46. The van der Waals surface area contributed by atoms with Crippen LogP contribution in [-0.2, 0) is 0 Å². The van der Waals surface area contributed by atoms with Crippen LogP contribution in [0, 0.1) is 0 Å². The van der Waals surface area contributed by atoms with Crippen LogP contribution in [0.2, 0.25) is 0 Å². The number of nitrogens with one attached hydrogen (secondary N) is 2. The molecule has 2 aromatic rings. The number of hydrazine groups is 1. The summed E-state index contributed by atoms with van der Waals surface area (Å²) in [5, 5.41) is 5.35. The van der Waals surface area contributed by atoms with Crippen molar-refractivity contribution in [2.45, 2.75) is 0 Å². The Hall–Kier alpha value is -2.78. The lowest BCUT2D eigenvalue weighted by atomic mass is 10.2. The van der Waals surface area contributed by atoms with E-state index in [-0.39, 0.29) is 0 Å². The second kappa shape index (κ2) is 7.22. The number of aromatic nitrogens is 2. The largest absolute Gasteiger partial charge is 0.486 e. The quantitative estimate of drug-likeness (QED) is 0.744. The number of hydrogen-bond donors (Lipinski definition) is 3. The van der Waals surface area contributed by atoms with Crippen molar-refractivity contribution in [2.75, 3.05) is 62.9 Å². The van der Waals surface area contributed by atoms with Crippen LogP contribution >= 0.6 is 0 Å². The number of piperazine rings is 1. The highest BCUT2D eigenvalue weighted by molar-refractivity contribution is 5.77. The Bertz CT molecular complexity index is 778. The Labute approximate surface area is 152 Å². The minimum absolute atomic E-state index is 0.473. The van der Waals surface area contributed by atoms with E-state index in [0.29, 0.717) is 36.3 Å². The fourth-order valence-electron chi connectivity index (χ4n) is 2.91. The van der Waals surface area contributed by atoms with Crippen LogP contribution in [0.25, 0.3) is 0 Å². The molecule has 1 fully saturated rings.